The molecule has 0 bridgehead atoms. The zero-order valence-electron chi connectivity index (χ0n) is 16.4. The Labute approximate surface area is 172 Å². The molecule has 156 valence electrons. The number of hydrogen-bond donors (Lipinski definition) is 3. The second-order valence-corrected chi connectivity index (χ2v) is 7.48. The van der Waals surface area contributed by atoms with Crippen LogP contribution in [-0.2, 0) is 0 Å². The summed E-state index contributed by atoms with van der Waals surface area (Å²) < 4.78 is 1.15. The van der Waals surface area contributed by atoms with E-state index in [1.165, 1.54) is 19.3 Å². The number of anilines is 1. The predicted octanol–water partition coefficient (Wildman–Crippen LogP) is 0.519. The maximum Gasteiger partial charge on any atom is 0.262 e. The first kappa shape index (κ1) is 19.8. The fourth-order valence-corrected chi connectivity index (χ4v) is 3.92. The van der Waals surface area contributed by atoms with Crippen LogP contribution in [0.3, 0.4) is 0 Å². The summed E-state index contributed by atoms with van der Waals surface area (Å²) in [4.78, 5) is 50.9. The van der Waals surface area contributed by atoms with Crippen LogP contribution in [0, 0.1) is 0 Å². The standard InChI is InChI=1S/C21H23N5O4/c22-18-17-15(20(29)24-21(17)30)12-16(27)26(18)14-6-4-13(5-7-14)19(28)23-8-11-25-9-2-1-3-10-25/h4-7,12H,1-3,8-11,22H2,(H,23,28)(H,24,29,30). The summed E-state index contributed by atoms with van der Waals surface area (Å²) in [7, 11) is 0. The number of likely N-dealkylation sites (tertiary alicyclic amines) is 1. The highest BCUT2D eigenvalue weighted by atomic mass is 16.2. The number of imide groups is 1. The van der Waals surface area contributed by atoms with Gasteiger partial charge in [-0.1, -0.05) is 6.42 Å². The number of amides is 3. The Morgan fingerprint density at radius 2 is 1.73 bits per heavy atom. The molecule has 1 aromatic carbocycles. The number of benzene rings is 1. The van der Waals surface area contributed by atoms with E-state index >= 15 is 0 Å². The first-order valence-electron chi connectivity index (χ1n) is 9.98. The maximum atomic E-state index is 12.5. The molecule has 9 heteroatoms. The summed E-state index contributed by atoms with van der Waals surface area (Å²) in [5.74, 6) is -1.58. The van der Waals surface area contributed by atoms with Gasteiger partial charge in [-0.05, 0) is 50.2 Å². The Morgan fingerprint density at radius 3 is 2.43 bits per heavy atom. The van der Waals surface area contributed by atoms with Crippen molar-refractivity contribution in [2.45, 2.75) is 19.3 Å². The Kier molecular flexibility index (Phi) is 5.37. The van der Waals surface area contributed by atoms with Crippen molar-refractivity contribution < 1.29 is 14.4 Å². The summed E-state index contributed by atoms with van der Waals surface area (Å²) in [5.41, 5.74) is 6.31. The van der Waals surface area contributed by atoms with Gasteiger partial charge in [-0.25, -0.2) is 0 Å². The fraction of sp³-hybridized carbons (Fsp3) is 0.333. The van der Waals surface area contributed by atoms with Crippen LogP contribution in [0.1, 0.15) is 50.3 Å². The third kappa shape index (κ3) is 3.71. The molecule has 1 saturated heterocycles. The van der Waals surface area contributed by atoms with Gasteiger partial charge in [-0.15, -0.1) is 0 Å². The van der Waals surface area contributed by atoms with Gasteiger partial charge < -0.3 is 16.0 Å². The first-order valence-corrected chi connectivity index (χ1v) is 9.98. The van der Waals surface area contributed by atoms with Crippen LogP contribution in [0.4, 0.5) is 5.82 Å². The molecular weight excluding hydrogens is 386 g/mol. The van der Waals surface area contributed by atoms with Crippen LogP contribution in [0.15, 0.2) is 35.1 Å². The number of aromatic nitrogens is 1. The molecule has 1 aromatic heterocycles. The summed E-state index contributed by atoms with van der Waals surface area (Å²) in [6.07, 6.45) is 3.68. The van der Waals surface area contributed by atoms with Gasteiger partial charge in [-0.2, -0.15) is 0 Å². The smallest absolute Gasteiger partial charge is 0.262 e. The molecule has 2 aliphatic rings. The highest BCUT2D eigenvalue weighted by molar-refractivity contribution is 6.23. The van der Waals surface area contributed by atoms with Gasteiger partial charge in [0, 0.05) is 24.7 Å². The van der Waals surface area contributed by atoms with E-state index in [2.05, 4.69) is 15.5 Å². The van der Waals surface area contributed by atoms with Crippen molar-refractivity contribution in [3.63, 3.8) is 0 Å². The Hall–Kier alpha value is -3.46. The third-order valence-corrected chi connectivity index (χ3v) is 5.50. The number of fused-ring (bicyclic) bond motifs is 1. The van der Waals surface area contributed by atoms with Crippen LogP contribution < -0.4 is 21.9 Å². The molecule has 0 radical (unpaired) electrons. The van der Waals surface area contributed by atoms with Crippen molar-refractivity contribution in [2.75, 3.05) is 31.9 Å². The van der Waals surface area contributed by atoms with Gasteiger partial charge in [-0.3, -0.25) is 29.1 Å². The SMILES string of the molecule is Nc1c2c(cc(=O)n1-c1ccc(C(=O)NCCN3CCCCC3)cc1)C(=O)NC2=O. The third-order valence-electron chi connectivity index (χ3n) is 5.50. The van der Waals surface area contributed by atoms with Crippen molar-refractivity contribution in [3.8, 4) is 5.69 Å². The number of carbonyl (C=O) groups is 3. The molecule has 9 nitrogen and oxygen atoms in total. The Bertz CT molecular complexity index is 1070. The number of hydrogen-bond acceptors (Lipinski definition) is 6. The minimum absolute atomic E-state index is 0.0147. The molecule has 0 atom stereocenters. The topological polar surface area (TPSA) is 127 Å². The molecule has 3 heterocycles. The van der Waals surface area contributed by atoms with Crippen molar-refractivity contribution in [1.82, 2.24) is 20.1 Å². The van der Waals surface area contributed by atoms with E-state index in [1.54, 1.807) is 24.3 Å². The van der Waals surface area contributed by atoms with Crippen LogP contribution in [0.5, 0.6) is 0 Å². The van der Waals surface area contributed by atoms with Gasteiger partial charge in [0.1, 0.15) is 5.82 Å². The van der Waals surface area contributed by atoms with E-state index in [1.807, 2.05) is 0 Å². The predicted molar refractivity (Wildman–Crippen MR) is 111 cm³/mol. The summed E-state index contributed by atoms with van der Waals surface area (Å²) in [6, 6.07) is 7.44. The van der Waals surface area contributed by atoms with E-state index in [-0.39, 0.29) is 22.9 Å². The van der Waals surface area contributed by atoms with Crippen LogP contribution in [0.2, 0.25) is 0 Å². The quantitative estimate of drug-likeness (QED) is 0.618. The Morgan fingerprint density at radius 1 is 1.03 bits per heavy atom. The zero-order chi connectivity index (χ0) is 21.3. The van der Waals surface area contributed by atoms with E-state index in [4.69, 9.17) is 5.73 Å². The fourth-order valence-electron chi connectivity index (χ4n) is 3.92. The molecule has 3 amide bonds. The highest BCUT2D eigenvalue weighted by Gasteiger charge is 2.31. The summed E-state index contributed by atoms with van der Waals surface area (Å²) >= 11 is 0. The number of carbonyl (C=O) groups excluding carboxylic acids is 3. The number of piperidine rings is 1. The van der Waals surface area contributed by atoms with Crippen molar-refractivity contribution in [2.24, 2.45) is 0 Å². The number of rotatable bonds is 5. The molecule has 4 rings (SSSR count). The van der Waals surface area contributed by atoms with Gasteiger partial charge in [0.05, 0.1) is 16.8 Å². The molecule has 0 spiro atoms. The van der Waals surface area contributed by atoms with Gasteiger partial charge in [0.15, 0.2) is 0 Å². The van der Waals surface area contributed by atoms with Gasteiger partial charge >= 0.3 is 0 Å². The molecule has 0 saturated carbocycles. The van der Waals surface area contributed by atoms with Gasteiger partial charge in [0.25, 0.3) is 23.3 Å². The number of nitrogens with two attached hydrogens (primary N) is 1. The zero-order valence-corrected chi connectivity index (χ0v) is 16.4. The number of nitrogens with one attached hydrogen (secondary N) is 2. The van der Waals surface area contributed by atoms with E-state index in [0.717, 1.165) is 30.3 Å². The largest absolute Gasteiger partial charge is 0.384 e. The lowest BCUT2D eigenvalue weighted by molar-refractivity contribution is 0.0878. The second-order valence-electron chi connectivity index (χ2n) is 7.48. The van der Waals surface area contributed by atoms with E-state index in [0.29, 0.717) is 17.8 Å². The summed E-state index contributed by atoms with van der Waals surface area (Å²) in [5, 5.41) is 5.04. The van der Waals surface area contributed by atoms with E-state index < -0.39 is 17.4 Å². The van der Waals surface area contributed by atoms with Gasteiger partial charge in [0.2, 0.25) is 0 Å². The van der Waals surface area contributed by atoms with Crippen molar-refractivity contribution in [1.29, 1.82) is 0 Å². The molecule has 2 aliphatic heterocycles. The highest BCUT2D eigenvalue weighted by Crippen LogP contribution is 2.23. The average Bonchev–Trinajstić information content (AvgIpc) is 3.02. The number of pyridine rings is 1. The monoisotopic (exact) mass is 409 g/mol. The summed E-state index contributed by atoms with van der Waals surface area (Å²) in [6.45, 7) is 3.54. The minimum atomic E-state index is -0.637. The van der Waals surface area contributed by atoms with E-state index in [9.17, 15) is 19.2 Å². The number of nitrogen functional groups attached to an aromatic ring is 1. The molecule has 0 aliphatic carbocycles. The van der Waals surface area contributed by atoms with Crippen LogP contribution in [-0.4, -0.2) is 53.4 Å². The second kappa shape index (κ2) is 8.11. The maximum absolute atomic E-state index is 12.5. The lowest BCUT2D eigenvalue weighted by Gasteiger charge is -2.26. The van der Waals surface area contributed by atoms with Crippen LogP contribution >= 0.6 is 0 Å². The lowest BCUT2D eigenvalue weighted by atomic mass is 10.1. The average molecular weight is 409 g/mol. The Balaban J connectivity index is 1.48. The molecule has 0 unspecified atom stereocenters. The van der Waals surface area contributed by atoms with Crippen molar-refractivity contribution in [3.05, 3.63) is 57.4 Å². The minimum Gasteiger partial charge on any atom is -0.384 e. The number of nitrogens with zero attached hydrogens (tertiary/aromatic N) is 2. The van der Waals surface area contributed by atoms with Crippen molar-refractivity contribution >= 4 is 23.5 Å². The molecule has 2 aromatic rings. The van der Waals surface area contributed by atoms with Crippen LogP contribution in [0.25, 0.3) is 5.69 Å². The first-order chi connectivity index (χ1) is 14.5. The molecule has 4 N–H and O–H groups in total. The normalized spacial score (nSPS) is 16.3. The lowest BCUT2D eigenvalue weighted by Crippen LogP contribution is -2.37. The molecular formula is C21H23N5O4. The molecule has 1 fully saturated rings. The molecule has 30 heavy (non-hydrogen) atoms.